The van der Waals surface area contributed by atoms with Crippen molar-refractivity contribution in [2.45, 2.75) is 44.3 Å². The van der Waals surface area contributed by atoms with Gasteiger partial charge in [-0.05, 0) is 37.6 Å². The first-order valence-electron chi connectivity index (χ1n) is 5.84. The molecule has 0 bridgehead atoms. The third kappa shape index (κ3) is 3.76. The van der Waals surface area contributed by atoms with Gasteiger partial charge >= 0.3 is 0 Å². The molecule has 1 saturated carbocycles. The lowest BCUT2D eigenvalue weighted by atomic mass is 9.79. The maximum absolute atomic E-state index is 11.5. The van der Waals surface area contributed by atoms with Crippen LogP contribution in [0.25, 0.3) is 0 Å². The number of nitrogens with two attached hydrogens (primary N) is 1. The average molecular weight is 233 g/mol. The van der Waals surface area contributed by atoms with Crippen molar-refractivity contribution in [3.8, 4) is 0 Å². The minimum absolute atomic E-state index is 0.100. The Morgan fingerprint density at radius 1 is 1.40 bits per heavy atom. The van der Waals surface area contributed by atoms with Gasteiger partial charge in [-0.2, -0.15) is 0 Å². The highest BCUT2D eigenvalue weighted by molar-refractivity contribution is 7.91. The molecule has 0 spiro atoms. The van der Waals surface area contributed by atoms with Gasteiger partial charge in [0.15, 0.2) is 0 Å². The highest BCUT2D eigenvalue weighted by Gasteiger charge is 2.30. The molecule has 1 fully saturated rings. The smallest absolute Gasteiger partial charge is 0.150 e. The Bertz CT molecular complexity index is 287. The quantitative estimate of drug-likeness (QED) is 0.802. The summed E-state index contributed by atoms with van der Waals surface area (Å²) in [5, 5.41) is -0.100. The van der Waals surface area contributed by atoms with E-state index in [0.29, 0.717) is 18.4 Å². The lowest BCUT2D eigenvalue weighted by Gasteiger charge is -2.32. The SMILES string of the molecule is CC(CCN)C1CCCC(S(C)(=O)=O)C1. The Balaban J connectivity index is 2.56. The van der Waals surface area contributed by atoms with Gasteiger partial charge in [0.2, 0.25) is 0 Å². The molecule has 90 valence electrons. The second-order valence-electron chi connectivity index (χ2n) is 4.93. The molecule has 15 heavy (non-hydrogen) atoms. The van der Waals surface area contributed by atoms with Crippen LogP contribution in [0.15, 0.2) is 0 Å². The third-order valence-corrected chi connectivity index (χ3v) is 5.34. The summed E-state index contributed by atoms with van der Waals surface area (Å²) in [5.41, 5.74) is 5.54. The minimum Gasteiger partial charge on any atom is -0.330 e. The highest BCUT2D eigenvalue weighted by Crippen LogP contribution is 2.34. The van der Waals surface area contributed by atoms with E-state index in [0.717, 1.165) is 25.7 Å². The minimum atomic E-state index is -2.84. The Labute approximate surface area is 93.3 Å². The van der Waals surface area contributed by atoms with Crippen molar-refractivity contribution in [1.29, 1.82) is 0 Å². The summed E-state index contributed by atoms with van der Waals surface area (Å²) in [6.07, 6.45) is 6.31. The van der Waals surface area contributed by atoms with Crippen molar-refractivity contribution in [3.63, 3.8) is 0 Å². The molecule has 0 aliphatic heterocycles. The van der Waals surface area contributed by atoms with E-state index in [1.165, 1.54) is 12.7 Å². The summed E-state index contributed by atoms with van der Waals surface area (Å²) in [6.45, 7) is 2.91. The van der Waals surface area contributed by atoms with E-state index in [2.05, 4.69) is 6.92 Å². The van der Waals surface area contributed by atoms with E-state index in [9.17, 15) is 8.42 Å². The van der Waals surface area contributed by atoms with Crippen molar-refractivity contribution < 1.29 is 8.42 Å². The average Bonchev–Trinajstić information content (AvgIpc) is 2.17. The second-order valence-corrected chi connectivity index (χ2v) is 7.26. The Morgan fingerprint density at radius 3 is 2.60 bits per heavy atom. The zero-order valence-corrected chi connectivity index (χ0v) is 10.6. The molecule has 4 heteroatoms. The van der Waals surface area contributed by atoms with Crippen molar-refractivity contribution >= 4 is 9.84 Å². The van der Waals surface area contributed by atoms with Crippen LogP contribution in [-0.4, -0.2) is 26.5 Å². The number of rotatable bonds is 4. The van der Waals surface area contributed by atoms with Gasteiger partial charge in [0.05, 0.1) is 5.25 Å². The summed E-state index contributed by atoms with van der Waals surface area (Å²) in [6, 6.07) is 0. The molecular formula is C11H23NO2S. The number of sulfone groups is 1. The molecule has 0 radical (unpaired) electrons. The lowest BCUT2D eigenvalue weighted by Crippen LogP contribution is -2.30. The van der Waals surface area contributed by atoms with Gasteiger partial charge in [0.1, 0.15) is 9.84 Å². The fourth-order valence-electron chi connectivity index (χ4n) is 2.59. The van der Waals surface area contributed by atoms with Crippen molar-refractivity contribution in [3.05, 3.63) is 0 Å². The summed E-state index contributed by atoms with van der Waals surface area (Å²) < 4.78 is 23.0. The predicted molar refractivity (Wildman–Crippen MR) is 63.4 cm³/mol. The summed E-state index contributed by atoms with van der Waals surface area (Å²) in [7, 11) is -2.84. The van der Waals surface area contributed by atoms with Crippen LogP contribution < -0.4 is 5.73 Å². The molecule has 0 saturated heterocycles. The predicted octanol–water partition coefficient (Wildman–Crippen LogP) is 1.57. The zero-order valence-electron chi connectivity index (χ0n) is 9.78. The van der Waals surface area contributed by atoms with Gasteiger partial charge in [0, 0.05) is 6.26 Å². The van der Waals surface area contributed by atoms with Gasteiger partial charge in [-0.1, -0.05) is 19.8 Å². The molecule has 0 amide bonds. The van der Waals surface area contributed by atoms with E-state index in [4.69, 9.17) is 5.73 Å². The lowest BCUT2D eigenvalue weighted by molar-refractivity contribution is 0.256. The van der Waals surface area contributed by atoms with E-state index in [1.54, 1.807) is 0 Å². The number of hydrogen-bond donors (Lipinski definition) is 1. The molecule has 3 atom stereocenters. The molecule has 3 nitrogen and oxygen atoms in total. The molecule has 1 aliphatic rings. The largest absolute Gasteiger partial charge is 0.330 e. The van der Waals surface area contributed by atoms with E-state index >= 15 is 0 Å². The monoisotopic (exact) mass is 233 g/mol. The molecular weight excluding hydrogens is 210 g/mol. The zero-order chi connectivity index (χ0) is 11.5. The van der Waals surface area contributed by atoms with Gasteiger partial charge in [0.25, 0.3) is 0 Å². The fourth-order valence-corrected chi connectivity index (χ4v) is 3.78. The van der Waals surface area contributed by atoms with Crippen LogP contribution in [0.1, 0.15) is 39.0 Å². The molecule has 2 N–H and O–H groups in total. The van der Waals surface area contributed by atoms with Crippen LogP contribution in [-0.2, 0) is 9.84 Å². The standard InChI is InChI=1S/C11H23NO2S/c1-9(6-7-12)10-4-3-5-11(8-10)15(2,13)14/h9-11H,3-8,12H2,1-2H3. The molecule has 1 rings (SSSR count). The third-order valence-electron chi connectivity index (χ3n) is 3.70. The maximum Gasteiger partial charge on any atom is 0.150 e. The number of hydrogen-bond acceptors (Lipinski definition) is 3. The topological polar surface area (TPSA) is 60.2 Å². The first-order chi connectivity index (χ1) is 6.95. The van der Waals surface area contributed by atoms with E-state index in [1.807, 2.05) is 0 Å². The van der Waals surface area contributed by atoms with Crippen LogP contribution in [0.4, 0.5) is 0 Å². The Kier molecular flexibility index (Phi) is 4.59. The first kappa shape index (κ1) is 13.0. The molecule has 0 aromatic carbocycles. The van der Waals surface area contributed by atoms with E-state index in [-0.39, 0.29) is 5.25 Å². The highest BCUT2D eigenvalue weighted by atomic mass is 32.2. The van der Waals surface area contributed by atoms with Crippen LogP contribution in [0.2, 0.25) is 0 Å². The molecule has 3 unspecified atom stereocenters. The molecule has 1 aliphatic carbocycles. The molecule has 0 aromatic rings. The summed E-state index contributed by atoms with van der Waals surface area (Å²) >= 11 is 0. The second kappa shape index (κ2) is 5.30. The fraction of sp³-hybridized carbons (Fsp3) is 1.00. The normalized spacial score (nSPS) is 30.1. The van der Waals surface area contributed by atoms with Crippen LogP contribution in [0.5, 0.6) is 0 Å². The van der Waals surface area contributed by atoms with Gasteiger partial charge in [-0.15, -0.1) is 0 Å². The summed E-state index contributed by atoms with van der Waals surface area (Å²) in [4.78, 5) is 0. The first-order valence-corrected chi connectivity index (χ1v) is 7.79. The van der Waals surface area contributed by atoms with Crippen molar-refractivity contribution in [2.75, 3.05) is 12.8 Å². The van der Waals surface area contributed by atoms with Gasteiger partial charge in [-0.3, -0.25) is 0 Å². The van der Waals surface area contributed by atoms with Crippen molar-refractivity contribution in [1.82, 2.24) is 0 Å². The van der Waals surface area contributed by atoms with Crippen molar-refractivity contribution in [2.24, 2.45) is 17.6 Å². The van der Waals surface area contributed by atoms with Crippen LogP contribution >= 0.6 is 0 Å². The Morgan fingerprint density at radius 2 is 2.07 bits per heavy atom. The molecule has 0 aromatic heterocycles. The van der Waals surface area contributed by atoms with Crippen LogP contribution in [0, 0.1) is 11.8 Å². The van der Waals surface area contributed by atoms with Crippen LogP contribution in [0.3, 0.4) is 0 Å². The Hall–Kier alpha value is -0.0900. The maximum atomic E-state index is 11.5. The van der Waals surface area contributed by atoms with E-state index < -0.39 is 9.84 Å². The van der Waals surface area contributed by atoms with Gasteiger partial charge < -0.3 is 5.73 Å². The summed E-state index contributed by atoms with van der Waals surface area (Å²) in [5.74, 6) is 1.13. The van der Waals surface area contributed by atoms with Gasteiger partial charge in [-0.25, -0.2) is 8.42 Å². The molecule has 0 heterocycles.